The number of aliphatic hydroxyl groups excluding tert-OH is 1. The van der Waals surface area contributed by atoms with Crippen LogP contribution in [0.25, 0.3) is 10.9 Å². The van der Waals surface area contributed by atoms with Crippen LogP contribution in [0.5, 0.6) is 0 Å². The Labute approximate surface area is 140 Å². The van der Waals surface area contributed by atoms with Gasteiger partial charge in [-0.2, -0.15) is 0 Å². The van der Waals surface area contributed by atoms with Gasteiger partial charge in [0.05, 0.1) is 16.5 Å². The Balaban J connectivity index is 1.98. The molecule has 0 saturated heterocycles. The van der Waals surface area contributed by atoms with E-state index in [2.05, 4.69) is 0 Å². The van der Waals surface area contributed by atoms with Crippen LogP contribution in [0.2, 0.25) is 0 Å². The molecule has 6 heteroatoms. The van der Waals surface area contributed by atoms with Gasteiger partial charge in [0.2, 0.25) is 0 Å². The summed E-state index contributed by atoms with van der Waals surface area (Å²) < 4.78 is 27.4. The molecule has 24 heavy (non-hydrogen) atoms. The second-order valence-electron chi connectivity index (χ2n) is 6.32. The Morgan fingerprint density at radius 2 is 1.88 bits per heavy atom. The van der Waals surface area contributed by atoms with E-state index in [4.69, 9.17) is 5.73 Å². The van der Waals surface area contributed by atoms with Crippen molar-refractivity contribution in [3.63, 3.8) is 0 Å². The summed E-state index contributed by atoms with van der Waals surface area (Å²) in [5.41, 5.74) is 9.13. The third kappa shape index (κ3) is 2.11. The lowest BCUT2D eigenvalue weighted by molar-refractivity contribution is 0.145. The number of aryl methyl sites for hydroxylation is 1. The molecule has 4 rings (SSSR count). The summed E-state index contributed by atoms with van der Waals surface area (Å²) in [6, 6.07) is 11.7. The fourth-order valence-electron chi connectivity index (χ4n) is 3.39. The van der Waals surface area contributed by atoms with E-state index in [0.717, 1.165) is 16.5 Å². The molecule has 1 aliphatic carbocycles. The van der Waals surface area contributed by atoms with Gasteiger partial charge in [0, 0.05) is 17.6 Å². The molecule has 0 radical (unpaired) electrons. The zero-order chi connectivity index (χ0) is 17.1. The van der Waals surface area contributed by atoms with E-state index in [-0.39, 0.29) is 4.90 Å². The number of nitrogens with zero attached hydrogens (tertiary/aromatic N) is 1. The van der Waals surface area contributed by atoms with Gasteiger partial charge in [-0.25, -0.2) is 12.4 Å². The maximum absolute atomic E-state index is 13.1. The number of aromatic nitrogens is 1. The summed E-state index contributed by atoms with van der Waals surface area (Å²) in [5, 5.41) is 11.1. The van der Waals surface area contributed by atoms with Gasteiger partial charge in [0.1, 0.15) is 0 Å². The average Bonchev–Trinajstić information content (AvgIpc) is 2.93. The van der Waals surface area contributed by atoms with Crippen LogP contribution in [-0.4, -0.2) is 23.5 Å². The quantitative estimate of drug-likeness (QED) is 0.747. The second-order valence-corrected chi connectivity index (χ2v) is 8.14. The first kappa shape index (κ1) is 15.4. The number of benzene rings is 2. The molecular weight excluding hydrogens is 324 g/mol. The van der Waals surface area contributed by atoms with Crippen molar-refractivity contribution in [1.29, 1.82) is 0 Å². The van der Waals surface area contributed by atoms with Crippen molar-refractivity contribution in [3.05, 3.63) is 65.4 Å². The molecule has 0 spiro atoms. The molecule has 124 valence electrons. The summed E-state index contributed by atoms with van der Waals surface area (Å²) in [7, 11) is -3.70. The minimum atomic E-state index is -3.70. The summed E-state index contributed by atoms with van der Waals surface area (Å²) in [5.74, 6) is 0. The van der Waals surface area contributed by atoms with Crippen molar-refractivity contribution in [2.75, 3.05) is 0 Å². The van der Waals surface area contributed by atoms with Crippen LogP contribution in [0.1, 0.15) is 22.8 Å². The van der Waals surface area contributed by atoms with Crippen LogP contribution in [0.4, 0.5) is 0 Å². The molecule has 3 aromatic rings. The van der Waals surface area contributed by atoms with Crippen molar-refractivity contribution in [3.8, 4) is 0 Å². The molecule has 3 N–H and O–H groups in total. The second kappa shape index (κ2) is 5.17. The van der Waals surface area contributed by atoms with Gasteiger partial charge in [-0.05, 0) is 42.7 Å². The highest BCUT2D eigenvalue weighted by molar-refractivity contribution is 7.90. The third-order valence-corrected chi connectivity index (χ3v) is 6.35. The van der Waals surface area contributed by atoms with Crippen molar-refractivity contribution >= 4 is 20.9 Å². The largest absolute Gasteiger partial charge is 0.387 e. The van der Waals surface area contributed by atoms with Gasteiger partial charge in [-0.1, -0.05) is 29.8 Å². The molecule has 0 amide bonds. The van der Waals surface area contributed by atoms with Crippen molar-refractivity contribution in [1.82, 2.24) is 3.97 Å². The molecule has 5 nitrogen and oxygen atoms in total. The Kier molecular flexibility index (Phi) is 3.32. The molecule has 0 unspecified atom stereocenters. The van der Waals surface area contributed by atoms with Gasteiger partial charge in [-0.15, -0.1) is 0 Å². The highest BCUT2D eigenvalue weighted by atomic mass is 32.2. The van der Waals surface area contributed by atoms with Gasteiger partial charge < -0.3 is 10.8 Å². The monoisotopic (exact) mass is 342 g/mol. The van der Waals surface area contributed by atoms with E-state index >= 15 is 0 Å². The number of aliphatic hydroxyl groups is 1. The fraction of sp³-hybridized carbons (Fsp3) is 0.222. The summed E-state index contributed by atoms with van der Waals surface area (Å²) in [4.78, 5) is 0.242. The number of hydrogen-bond donors (Lipinski definition) is 2. The highest BCUT2D eigenvalue weighted by Gasteiger charge is 2.30. The molecule has 0 aliphatic heterocycles. The SMILES string of the molecule is Cc1ccc(S(=O)(=O)n2cc3c4c(cccc42)[C@@H](O)[C@H](N)C3)cc1. The van der Waals surface area contributed by atoms with Crippen molar-refractivity contribution in [2.24, 2.45) is 5.73 Å². The van der Waals surface area contributed by atoms with Crippen molar-refractivity contribution in [2.45, 2.75) is 30.4 Å². The van der Waals surface area contributed by atoms with Gasteiger partial charge in [0.25, 0.3) is 10.0 Å². The smallest absolute Gasteiger partial charge is 0.268 e. The zero-order valence-corrected chi connectivity index (χ0v) is 14.0. The molecule has 0 saturated carbocycles. The first-order valence-electron chi connectivity index (χ1n) is 7.78. The van der Waals surface area contributed by atoms with Crippen LogP contribution in [-0.2, 0) is 16.4 Å². The minimum absolute atomic E-state index is 0.242. The molecule has 2 atom stereocenters. The van der Waals surface area contributed by atoms with E-state index < -0.39 is 22.2 Å². The standard InChI is InChI=1S/C18H18N2O3S/c1-11-5-7-13(8-6-11)24(22,23)20-10-12-9-15(19)18(21)14-3-2-4-16(20)17(12)14/h2-8,10,15,18,21H,9,19H2,1H3/t15-,18-/m1/s1. The molecule has 1 aromatic heterocycles. The molecule has 0 fully saturated rings. The molecule has 1 aliphatic rings. The Bertz CT molecular complexity index is 1040. The van der Waals surface area contributed by atoms with E-state index in [1.54, 1.807) is 48.7 Å². The van der Waals surface area contributed by atoms with E-state index in [9.17, 15) is 13.5 Å². The summed E-state index contributed by atoms with van der Waals surface area (Å²) in [6.45, 7) is 1.91. The Hall–Kier alpha value is -2.15. The predicted molar refractivity (Wildman–Crippen MR) is 92.3 cm³/mol. The zero-order valence-electron chi connectivity index (χ0n) is 13.2. The maximum atomic E-state index is 13.1. The predicted octanol–water partition coefficient (Wildman–Crippen LogP) is 2.10. The first-order chi connectivity index (χ1) is 11.4. The maximum Gasteiger partial charge on any atom is 0.268 e. The van der Waals surface area contributed by atoms with Crippen LogP contribution < -0.4 is 5.73 Å². The van der Waals surface area contributed by atoms with E-state index in [0.29, 0.717) is 17.5 Å². The normalized spacial score (nSPS) is 20.5. The Morgan fingerprint density at radius 1 is 1.17 bits per heavy atom. The molecular formula is C18H18N2O3S. The molecule has 2 aromatic carbocycles. The van der Waals surface area contributed by atoms with Crippen LogP contribution >= 0.6 is 0 Å². The lowest BCUT2D eigenvalue weighted by Gasteiger charge is -2.24. The molecule has 0 bridgehead atoms. The minimum Gasteiger partial charge on any atom is -0.387 e. The lowest BCUT2D eigenvalue weighted by Crippen LogP contribution is -2.33. The number of nitrogens with two attached hydrogens (primary N) is 1. The lowest BCUT2D eigenvalue weighted by atomic mass is 9.87. The molecule has 1 heterocycles. The van der Waals surface area contributed by atoms with Crippen LogP contribution in [0.15, 0.2) is 53.6 Å². The van der Waals surface area contributed by atoms with E-state index in [1.807, 2.05) is 6.92 Å². The van der Waals surface area contributed by atoms with Gasteiger partial charge in [0.15, 0.2) is 0 Å². The third-order valence-electron chi connectivity index (χ3n) is 4.66. The first-order valence-corrected chi connectivity index (χ1v) is 9.22. The fourth-order valence-corrected chi connectivity index (χ4v) is 4.77. The van der Waals surface area contributed by atoms with Crippen LogP contribution in [0.3, 0.4) is 0 Å². The number of hydrogen-bond acceptors (Lipinski definition) is 4. The van der Waals surface area contributed by atoms with Gasteiger partial charge in [-0.3, -0.25) is 0 Å². The highest BCUT2D eigenvalue weighted by Crippen LogP contribution is 2.37. The Morgan fingerprint density at radius 3 is 2.58 bits per heavy atom. The summed E-state index contributed by atoms with van der Waals surface area (Å²) >= 11 is 0. The van der Waals surface area contributed by atoms with Crippen molar-refractivity contribution < 1.29 is 13.5 Å². The van der Waals surface area contributed by atoms with Gasteiger partial charge >= 0.3 is 0 Å². The average molecular weight is 342 g/mol. The topological polar surface area (TPSA) is 85.3 Å². The van der Waals surface area contributed by atoms with Crippen LogP contribution in [0, 0.1) is 6.92 Å². The summed E-state index contributed by atoms with van der Waals surface area (Å²) in [6.07, 6.45) is 1.30. The number of rotatable bonds is 2. The van der Waals surface area contributed by atoms with E-state index in [1.165, 1.54) is 3.97 Å².